The molecule has 0 saturated carbocycles. The quantitative estimate of drug-likeness (QED) is 0.151. The van der Waals surface area contributed by atoms with Crippen LogP contribution in [0.25, 0.3) is 164 Å². The van der Waals surface area contributed by atoms with Gasteiger partial charge in [-0.25, -0.2) is 19.9 Å². The van der Waals surface area contributed by atoms with Crippen molar-refractivity contribution in [2.24, 2.45) is 0 Å². The van der Waals surface area contributed by atoms with Gasteiger partial charge in [0.05, 0.1) is 22.1 Å². The van der Waals surface area contributed by atoms with Crippen molar-refractivity contribution in [2.75, 3.05) is 0 Å². The van der Waals surface area contributed by atoms with Crippen LogP contribution >= 0.6 is 22.7 Å². The average Bonchev–Trinajstić information content (AvgIpc) is 4.39. The van der Waals surface area contributed by atoms with Gasteiger partial charge in [-0.05, 0) is 96.1 Å². The lowest BCUT2D eigenvalue weighted by molar-refractivity contribution is 0.954. The Morgan fingerprint density at radius 2 is 0.683 bits per heavy atom. The van der Waals surface area contributed by atoms with E-state index in [2.05, 4.69) is 203 Å². The highest BCUT2D eigenvalue weighted by molar-refractivity contribution is 7.26. The zero-order chi connectivity index (χ0) is 53.8. The summed E-state index contributed by atoms with van der Waals surface area (Å²) in [6, 6.07) is 90.0. The second-order valence-corrected chi connectivity index (χ2v) is 22.8. The zero-order valence-electron chi connectivity index (χ0n) is 43.6. The maximum Gasteiger partial charge on any atom is 0.238 e. The van der Waals surface area contributed by atoms with Crippen LogP contribution in [0.15, 0.2) is 255 Å². The number of hydrogen-bond donors (Lipinski definition) is 0. The van der Waals surface area contributed by atoms with Crippen LogP contribution in [0.3, 0.4) is 0 Å². The molecular weight excluding hydrogens is 1040 g/mol. The first-order valence-electron chi connectivity index (χ1n) is 27.3. The molecule has 0 bridgehead atoms. The van der Waals surface area contributed by atoms with Gasteiger partial charge in [0, 0.05) is 95.4 Å². The number of fused-ring (bicyclic) bond motifs is 13. The van der Waals surface area contributed by atoms with Crippen LogP contribution in [0.2, 0.25) is 0 Å². The number of rotatable bonds is 8. The minimum Gasteiger partial charge on any atom is -0.309 e. The van der Waals surface area contributed by atoms with E-state index in [1.165, 1.54) is 40.3 Å². The molecule has 82 heavy (non-hydrogen) atoms. The van der Waals surface area contributed by atoms with E-state index in [4.69, 9.17) is 29.9 Å². The normalized spacial score (nSPS) is 11.9. The Labute approximate surface area is 477 Å². The van der Waals surface area contributed by atoms with Crippen molar-refractivity contribution in [3.63, 3.8) is 0 Å². The number of thiophene rings is 2. The zero-order valence-corrected chi connectivity index (χ0v) is 45.3. The van der Waals surface area contributed by atoms with Gasteiger partial charge in [0.2, 0.25) is 5.95 Å². The Bertz CT molecular complexity index is 5220. The largest absolute Gasteiger partial charge is 0.309 e. The standard InChI is InChI=1S/C72H42N8S2/c1-4-17-43(18-5-1)46-31-35-59-57(40-46)65-60(80(59)72-77-70(48-32-37-63-55(41-48)52-26-11-14-29-61(52)81-63)76-71(78-72)49-33-38-64-56(42-49)53-27-12-15-30-62(53)82-64)36-34-54-51-25-10-13-28-58(51)79(66(54)65)50-24-16-23-47(39-50)69-74-67(44-19-6-2-7-20-44)73-68(75-69)45-21-8-3-9-22-45/h1-42H. The number of para-hydroxylation sites is 1. The minimum atomic E-state index is 0.528. The van der Waals surface area contributed by atoms with Crippen molar-refractivity contribution in [2.45, 2.75) is 0 Å². The predicted molar refractivity (Wildman–Crippen MR) is 340 cm³/mol. The molecule has 0 saturated heterocycles. The number of hydrogen-bond acceptors (Lipinski definition) is 8. The van der Waals surface area contributed by atoms with Crippen LogP contribution in [0.1, 0.15) is 0 Å². The molecule has 382 valence electrons. The summed E-state index contributed by atoms with van der Waals surface area (Å²) in [5.41, 5.74) is 11.8. The lowest BCUT2D eigenvalue weighted by atomic mass is 10.0. The molecular formula is C72H42N8S2. The molecule has 0 radical (unpaired) electrons. The first kappa shape index (κ1) is 46.4. The molecule has 6 aromatic heterocycles. The van der Waals surface area contributed by atoms with E-state index in [0.717, 1.165) is 88.2 Å². The Kier molecular flexibility index (Phi) is 10.5. The predicted octanol–water partition coefficient (Wildman–Crippen LogP) is 19.0. The first-order valence-corrected chi connectivity index (χ1v) is 28.9. The summed E-state index contributed by atoms with van der Waals surface area (Å²) < 4.78 is 9.61. The van der Waals surface area contributed by atoms with Gasteiger partial charge < -0.3 is 4.57 Å². The Morgan fingerprint density at radius 3 is 1.29 bits per heavy atom. The molecule has 0 unspecified atom stereocenters. The van der Waals surface area contributed by atoms with Gasteiger partial charge in [0.15, 0.2) is 29.1 Å². The van der Waals surface area contributed by atoms with E-state index in [1.807, 2.05) is 60.7 Å². The summed E-state index contributed by atoms with van der Waals surface area (Å²) in [4.78, 5) is 31.9. The summed E-state index contributed by atoms with van der Waals surface area (Å²) in [6.07, 6.45) is 0. The maximum absolute atomic E-state index is 5.55. The van der Waals surface area contributed by atoms with Crippen LogP contribution in [0.4, 0.5) is 0 Å². The van der Waals surface area contributed by atoms with Crippen molar-refractivity contribution < 1.29 is 0 Å². The van der Waals surface area contributed by atoms with Crippen LogP contribution in [0.5, 0.6) is 0 Å². The second-order valence-electron chi connectivity index (χ2n) is 20.6. The van der Waals surface area contributed by atoms with E-state index < -0.39 is 0 Å². The van der Waals surface area contributed by atoms with Crippen LogP contribution in [-0.2, 0) is 0 Å². The third-order valence-corrected chi connectivity index (χ3v) is 18.1. The lowest BCUT2D eigenvalue weighted by Gasteiger charge is -2.13. The molecule has 17 aromatic rings. The van der Waals surface area contributed by atoms with Crippen molar-refractivity contribution in [3.8, 4) is 79.7 Å². The lowest BCUT2D eigenvalue weighted by Crippen LogP contribution is -2.06. The second kappa shape index (κ2) is 18.5. The topological polar surface area (TPSA) is 87.2 Å². The van der Waals surface area contributed by atoms with E-state index in [1.54, 1.807) is 22.7 Å². The van der Waals surface area contributed by atoms with Crippen molar-refractivity contribution in [3.05, 3.63) is 255 Å². The summed E-state index contributed by atoms with van der Waals surface area (Å²) in [5, 5.41) is 9.21. The van der Waals surface area contributed by atoms with E-state index in [0.29, 0.717) is 35.1 Å². The molecule has 8 nitrogen and oxygen atoms in total. The molecule has 0 N–H and O–H groups in total. The molecule has 0 spiro atoms. The van der Waals surface area contributed by atoms with Crippen LogP contribution < -0.4 is 0 Å². The highest BCUT2D eigenvalue weighted by atomic mass is 32.1. The smallest absolute Gasteiger partial charge is 0.238 e. The Balaban J connectivity index is 0.936. The van der Waals surface area contributed by atoms with Gasteiger partial charge in [0.1, 0.15) is 0 Å². The fourth-order valence-corrected chi connectivity index (χ4v) is 14.2. The van der Waals surface area contributed by atoms with Gasteiger partial charge in [-0.15, -0.1) is 22.7 Å². The average molecular weight is 1080 g/mol. The van der Waals surface area contributed by atoms with E-state index >= 15 is 0 Å². The molecule has 10 heteroatoms. The van der Waals surface area contributed by atoms with Crippen LogP contribution in [-0.4, -0.2) is 39.0 Å². The van der Waals surface area contributed by atoms with Crippen molar-refractivity contribution in [1.82, 2.24) is 39.0 Å². The highest BCUT2D eigenvalue weighted by Gasteiger charge is 2.25. The molecule has 17 rings (SSSR count). The summed E-state index contributed by atoms with van der Waals surface area (Å²) in [5.74, 6) is 3.53. The Hall–Kier alpha value is -10.5. The first-order chi connectivity index (χ1) is 40.6. The fraction of sp³-hybridized carbons (Fsp3) is 0. The van der Waals surface area contributed by atoms with Crippen LogP contribution in [0, 0.1) is 0 Å². The fourth-order valence-electron chi connectivity index (χ4n) is 12.0. The third kappa shape index (κ3) is 7.50. The van der Waals surface area contributed by atoms with Gasteiger partial charge >= 0.3 is 0 Å². The Morgan fingerprint density at radius 1 is 0.244 bits per heavy atom. The molecule has 0 atom stereocenters. The maximum atomic E-state index is 5.55. The molecule has 0 aliphatic rings. The SMILES string of the molecule is c1ccc(-c2ccc3c(c2)c2c(ccc4c5ccccc5n(-c5cccc(-c6nc(-c7ccccc7)nc(-c7ccccc7)n6)c5)c42)n3-c2nc(-c3ccc4sc5ccccc5c4c3)nc(-c3ccc4sc5ccccc5c4c3)n2)cc1. The van der Waals surface area contributed by atoms with Gasteiger partial charge in [-0.1, -0.05) is 170 Å². The number of aromatic nitrogens is 8. The summed E-state index contributed by atoms with van der Waals surface area (Å²) in [6.45, 7) is 0. The molecule has 0 fully saturated rings. The van der Waals surface area contributed by atoms with Crippen molar-refractivity contribution in [1.29, 1.82) is 0 Å². The minimum absolute atomic E-state index is 0.528. The monoisotopic (exact) mass is 1080 g/mol. The third-order valence-electron chi connectivity index (χ3n) is 15.8. The van der Waals surface area contributed by atoms with Gasteiger partial charge in [0.25, 0.3) is 0 Å². The van der Waals surface area contributed by atoms with E-state index in [-0.39, 0.29) is 0 Å². The summed E-state index contributed by atoms with van der Waals surface area (Å²) in [7, 11) is 0. The van der Waals surface area contributed by atoms with Crippen molar-refractivity contribution >= 4 is 107 Å². The number of benzene rings is 11. The van der Waals surface area contributed by atoms with E-state index in [9.17, 15) is 0 Å². The molecule has 0 aliphatic heterocycles. The summed E-state index contributed by atoms with van der Waals surface area (Å²) >= 11 is 3.61. The molecule has 0 amide bonds. The highest BCUT2D eigenvalue weighted by Crippen LogP contribution is 2.45. The van der Waals surface area contributed by atoms with Gasteiger partial charge in [-0.2, -0.15) is 9.97 Å². The molecule has 6 heterocycles. The van der Waals surface area contributed by atoms with Gasteiger partial charge in [-0.3, -0.25) is 4.57 Å². The molecule has 0 aliphatic carbocycles. The molecule has 11 aromatic carbocycles. The number of nitrogens with zero attached hydrogens (tertiary/aromatic N) is 8.